The van der Waals surface area contributed by atoms with E-state index in [2.05, 4.69) is 187 Å². The number of para-hydroxylation sites is 2. The first-order chi connectivity index (χ1) is 25.6. The van der Waals surface area contributed by atoms with Gasteiger partial charge >= 0.3 is 0 Å². The molecule has 0 aromatic heterocycles. The highest BCUT2D eigenvalue weighted by molar-refractivity contribution is 8.00. The number of allylic oxidation sites excluding steroid dienone is 3. The van der Waals surface area contributed by atoms with E-state index in [0.29, 0.717) is 5.92 Å². The monoisotopic (exact) mass is 704 g/mol. The van der Waals surface area contributed by atoms with Crippen molar-refractivity contribution in [1.29, 1.82) is 0 Å². The second-order valence-corrected chi connectivity index (χ2v) is 16.1. The molecular formula is C48H36N2S2. The Balaban J connectivity index is 1.06. The van der Waals surface area contributed by atoms with Crippen LogP contribution in [0.25, 0.3) is 33.0 Å². The van der Waals surface area contributed by atoms with Gasteiger partial charge in [0.2, 0.25) is 0 Å². The second kappa shape index (κ2) is 12.7. The molecule has 0 saturated heterocycles. The molecule has 0 spiro atoms. The van der Waals surface area contributed by atoms with Gasteiger partial charge < -0.3 is 9.80 Å². The highest BCUT2D eigenvalue weighted by Gasteiger charge is 2.28. The largest absolute Gasteiger partial charge is 0.311 e. The molecule has 2 nitrogen and oxygen atoms in total. The van der Waals surface area contributed by atoms with Crippen LogP contribution in [0.15, 0.2) is 189 Å². The van der Waals surface area contributed by atoms with Gasteiger partial charge in [0.05, 0.1) is 0 Å². The van der Waals surface area contributed by atoms with Gasteiger partial charge in [-0.3, -0.25) is 0 Å². The fourth-order valence-electron chi connectivity index (χ4n) is 7.99. The van der Waals surface area contributed by atoms with Crippen LogP contribution in [-0.4, -0.2) is 0 Å². The average Bonchev–Trinajstić information content (AvgIpc) is 3.17. The van der Waals surface area contributed by atoms with Crippen LogP contribution >= 0.6 is 23.5 Å². The number of benzene rings is 7. The zero-order valence-corrected chi connectivity index (χ0v) is 30.7. The van der Waals surface area contributed by atoms with Gasteiger partial charge in [-0.1, -0.05) is 115 Å². The van der Waals surface area contributed by atoms with Crippen LogP contribution in [0.5, 0.6) is 0 Å². The van der Waals surface area contributed by atoms with Gasteiger partial charge in [0.15, 0.2) is 0 Å². The van der Waals surface area contributed by atoms with Crippen LogP contribution < -0.4 is 9.80 Å². The van der Waals surface area contributed by atoms with E-state index in [9.17, 15) is 0 Å². The molecule has 7 aromatic carbocycles. The van der Waals surface area contributed by atoms with Crippen molar-refractivity contribution in [3.63, 3.8) is 0 Å². The minimum Gasteiger partial charge on any atom is -0.311 e. The van der Waals surface area contributed by atoms with Gasteiger partial charge in [0, 0.05) is 64.5 Å². The fourth-order valence-corrected chi connectivity index (χ4v) is 10.3. The van der Waals surface area contributed by atoms with Crippen molar-refractivity contribution >= 4 is 62.7 Å². The van der Waals surface area contributed by atoms with Gasteiger partial charge in [-0.25, -0.2) is 0 Å². The summed E-state index contributed by atoms with van der Waals surface area (Å²) in [5.74, 6) is 0.509. The van der Waals surface area contributed by atoms with Crippen molar-refractivity contribution in [3.8, 4) is 22.3 Å². The number of anilines is 5. The van der Waals surface area contributed by atoms with E-state index in [-0.39, 0.29) is 0 Å². The first-order valence-corrected chi connectivity index (χ1v) is 19.6. The van der Waals surface area contributed by atoms with Gasteiger partial charge in [0.25, 0.3) is 0 Å². The maximum atomic E-state index is 2.41. The van der Waals surface area contributed by atoms with E-state index in [1.54, 1.807) is 0 Å². The number of rotatable bonds is 6. The summed E-state index contributed by atoms with van der Waals surface area (Å²) < 4.78 is 0. The Morgan fingerprint density at radius 2 is 1.00 bits per heavy atom. The fraction of sp³-hybridized carbons (Fsp3) is 0.0833. The maximum Gasteiger partial charge on any atom is 0.0473 e. The molecule has 2 heterocycles. The van der Waals surface area contributed by atoms with Crippen LogP contribution in [0.4, 0.5) is 28.4 Å². The van der Waals surface area contributed by atoms with Crippen LogP contribution in [0, 0.1) is 12.8 Å². The number of hydrogen-bond donors (Lipinski definition) is 0. The van der Waals surface area contributed by atoms with E-state index in [0.717, 1.165) is 23.5 Å². The van der Waals surface area contributed by atoms with Crippen LogP contribution in [0.2, 0.25) is 0 Å². The molecule has 0 N–H and O–H groups in total. The summed E-state index contributed by atoms with van der Waals surface area (Å²) in [5, 5.41) is 2.75. The summed E-state index contributed by atoms with van der Waals surface area (Å²) in [4.78, 5) is 10.0. The lowest BCUT2D eigenvalue weighted by atomic mass is 9.91. The topological polar surface area (TPSA) is 6.48 Å². The summed E-state index contributed by atoms with van der Waals surface area (Å²) in [5.41, 5.74) is 13.6. The van der Waals surface area contributed by atoms with Crippen LogP contribution in [0.3, 0.4) is 0 Å². The molecule has 3 aliphatic rings. The highest BCUT2D eigenvalue weighted by Crippen LogP contribution is 2.57. The minimum absolute atomic E-state index is 0.509. The molecule has 1 unspecified atom stereocenters. The Bertz CT molecular complexity index is 2590. The smallest absolute Gasteiger partial charge is 0.0473 e. The van der Waals surface area contributed by atoms with E-state index in [1.807, 2.05) is 23.5 Å². The molecular weight excluding hydrogens is 669 g/mol. The first-order valence-electron chi connectivity index (χ1n) is 18.0. The second-order valence-electron chi connectivity index (χ2n) is 13.9. The van der Waals surface area contributed by atoms with Gasteiger partial charge in [0.1, 0.15) is 0 Å². The van der Waals surface area contributed by atoms with Crippen molar-refractivity contribution in [2.75, 3.05) is 9.80 Å². The van der Waals surface area contributed by atoms with E-state index >= 15 is 0 Å². The highest BCUT2D eigenvalue weighted by atomic mass is 32.2. The lowest BCUT2D eigenvalue weighted by Crippen LogP contribution is -2.17. The minimum atomic E-state index is 0.509. The number of aryl methyl sites for hydroxylation is 1. The molecule has 7 aromatic rings. The van der Waals surface area contributed by atoms with Crippen LogP contribution in [-0.2, 0) is 0 Å². The van der Waals surface area contributed by atoms with Crippen molar-refractivity contribution in [3.05, 3.63) is 175 Å². The maximum absolute atomic E-state index is 2.41. The van der Waals surface area contributed by atoms with E-state index in [1.165, 1.54) is 75.2 Å². The molecule has 52 heavy (non-hydrogen) atoms. The first kappa shape index (κ1) is 31.3. The van der Waals surface area contributed by atoms with Gasteiger partial charge in [-0.05, 0) is 126 Å². The third-order valence-corrected chi connectivity index (χ3v) is 12.6. The van der Waals surface area contributed by atoms with Crippen LogP contribution in [0.1, 0.15) is 18.9 Å². The summed E-state index contributed by atoms with van der Waals surface area (Å²) in [7, 11) is 0. The van der Waals surface area contributed by atoms with Gasteiger partial charge in [-0.15, -0.1) is 0 Å². The molecule has 10 rings (SSSR count). The van der Waals surface area contributed by atoms with Crippen molar-refractivity contribution in [1.82, 2.24) is 0 Å². The molecule has 0 radical (unpaired) electrons. The quantitative estimate of drug-likeness (QED) is 0.170. The number of nitrogens with zero attached hydrogens (tertiary/aromatic N) is 2. The molecule has 4 heteroatoms. The summed E-state index contributed by atoms with van der Waals surface area (Å²) >= 11 is 3.80. The molecule has 250 valence electrons. The predicted molar refractivity (Wildman–Crippen MR) is 222 cm³/mol. The van der Waals surface area contributed by atoms with E-state index < -0.39 is 0 Å². The molecule has 0 fully saturated rings. The summed E-state index contributed by atoms with van der Waals surface area (Å²) in [6.07, 6.45) is 8.06. The normalized spacial score (nSPS) is 15.1. The zero-order valence-electron chi connectivity index (χ0n) is 29.1. The van der Waals surface area contributed by atoms with Crippen molar-refractivity contribution in [2.24, 2.45) is 5.92 Å². The third-order valence-electron chi connectivity index (χ3n) is 10.3. The van der Waals surface area contributed by atoms with E-state index in [4.69, 9.17) is 0 Å². The molecule has 2 aliphatic heterocycles. The molecule has 0 amide bonds. The average molecular weight is 705 g/mol. The lowest BCUT2D eigenvalue weighted by molar-refractivity contribution is 0.726. The number of fused-ring (bicyclic) bond motifs is 4. The van der Waals surface area contributed by atoms with Crippen molar-refractivity contribution < 1.29 is 0 Å². The third kappa shape index (κ3) is 5.28. The SMILES string of the molecule is Cc1cccc(N(c2ccccc2)c2ccc3c(c2)Sc2ccc4c5c(ccc-3c25)-c2ccc(N(C3=CC(C)CC=C3)c3ccccc3)cc2S4)c1. The lowest BCUT2D eigenvalue weighted by Gasteiger charge is -2.31. The Hall–Kier alpha value is -5.42. The predicted octanol–water partition coefficient (Wildman–Crippen LogP) is 14.5. The van der Waals surface area contributed by atoms with Crippen molar-refractivity contribution in [2.45, 2.75) is 39.9 Å². The molecule has 0 bridgehead atoms. The summed E-state index contributed by atoms with van der Waals surface area (Å²) in [6, 6.07) is 53.7. The molecule has 0 saturated carbocycles. The molecule has 1 atom stereocenters. The van der Waals surface area contributed by atoms with Gasteiger partial charge in [-0.2, -0.15) is 0 Å². The summed E-state index contributed by atoms with van der Waals surface area (Å²) in [6.45, 7) is 4.46. The number of hydrogen-bond acceptors (Lipinski definition) is 4. The zero-order chi connectivity index (χ0) is 34.8. The molecule has 1 aliphatic carbocycles. The Kier molecular flexibility index (Phi) is 7.63. The Morgan fingerprint density at radius 1 is 0.481 bits per heavy atom. The Labute approximate surface area is 314 Å². The standard InChI is InChI=1S/C48H36N2S2/c1-31-11-9-17-35(27-31)49(33-13-5-3-6-14-33)37-19-21-39-41-23-24-42-40-22-20-38(50(34-15-7-4-8-16-34)36-18-10-12-32(2)28-36)30-46(40)52-44-26-25-43(47(41)48(42)44)51-45(39)29-37/h3-11,13-30,32H,12H2,1-2H3. The Morgan fingerprint density at radius 3 is 1.58 bits per heavy atom.